The molecule has 0 saturated heterocycles. The van der Waals surface area contributed by atoms with Crippen molar-refractivity contribution >= 4 is 38.8 Å². The monoisotopic (exact) mass is 272 g/mol. The Kier molecular flexibility index (Phi) is 2.33. The molecule has 0 aliphatic carbocycles. The first kappa shape index (κ1) is 9.68. The molecule has 2 aromatic rings. The number of carbonyl (C=O) groups excluding carboxylic acids is 1. The number of rotatable bonds is 1. The maximum absolute atomic E-state index is 11.3. The second-order valence-corrected chi connectivity index (χ2v) is 3.99. The lowest BCUT2D eigenvalue weighted by Gasteiger charge is -1.99. The number of imidazole rings is 1. The molecule has 0 atom stereocenters. The molecule has 0 aromatic carbocycles. The molecule has 0 aliphatic heterocycles. The first-order valence-corrected chi connectivity index (χ1v) is 5.12. The van der Waals surface area contributed by atoms with Gasteiger partial charge in [0.25, 0.3) is 0 Å². The SMILES string of the molecule is CC(=O)c1nc(Br)c2cccc(Cl)n12. The van der Waals surface area contributed by atoms with E-state index in [0.717, 1.165) is 5.52 Å². The zero-order chi connectivity index (χ0) is 10.3. The fourth-order valence-electron chi connectivity index (χ4n) is 1.30. The molecule has 0 spiro atoms. The van der Waals surface area contributed by atoms with Gasteiger partial charge in [-0.3, -0.25) is 9.20 Å². The minimum absolute atomic E-state index is 0.112. The third-order valence-corrected chi connectivity index (χ3v) is 2.76. The van der Waals surface area contributed by atoms with Gasteiger partial charge in [0.15, 0.2) is 11.6 Å². The van der Waals surface area contributed by atoms with Gasteiger partial charge in [-0.25, -0.2) is 4.98 Å². The standard InChI is InChI=1S/C9H6BrClN2O/c1-5(14)9-12-8(10)6-3-2-4-7(11)13(6)9/h2-4H,1H3. The van der Waals surface area contributed by atoms with E-state index in [4.69, 9.17) is 11.6 Å². The Morgan fingerprint density at radius 1 is 1.57 bits per heavy atom. The molecule has 0 aliphatic rings. The minimum Gasteiger partial charge on any atom is -0.291 e. The van der Waals surface area contributed by atoms with Crippen LogP contribution in [0.3, 0.4) is 0 Å². The van der Waals surface area contributed by atoms with Crippen LogP contribution >= 0.6 is 27.5 Å². The summed E-state index contributed by atoms with van der Waals surface area (Å²) in [5.74, 6) is 0.233. The summed E-state index contributed by atoms with van der Waals surface area (Å²) in [6.07, 6.45) is 0. The van der Waals surface area contributed by atoms with E-state index in [0.29, 0.717) is 15.6 Å². The smallest absolute Gasteiger partial charge is 0.195 e. The van der Waals surface area contributed by atoms with E-state index >= 15 is 0 Å². The molecule has 0 amide bonds. The number of halogens is 2. The normalized spacial score (nSPS) is 10.8. The van der Waals surface area contributed by atoms with Gasteiger partial charge in [-0.1, -0.05) is 17.7 Å². The summed E-state index contributed by atoms with van der Waals surface area (Å²) in [6.45, 7) is 1.46. The van der Waals surface area contributed by atoms with Crippen molar-refractivity contribution in [1.82, 2.24) is 9.38 Å². The van der Waals surface area contributed by atoms with Gasteiger partial charge >= 0.3 is 0 Å². The number of pyridine rings is 1. The van der Waals surface area contributed by atoms with Gasteiger partial charge < -0.3 is 0 Å². The number of carbonyl (C=O) groups is 1. The highest BCUT2D eigenvalue weighted by Crippen LogP contribution is 2.23. The molecule has 5 heteroatoms. The molecule has 0 unspecified atom stereocenters. The van der Waals surface area contributed by atoms with Crippen LogP contribution in [-0.4, -0.2) is 15.2 Å². The second-order valence-electron chi connectivity index (χ2n) is 2.85. The largest absolute Gasteiger partial charge is 0.291 e. The fraction of sp³-hybridized carbons (Fsp3) is 0.111. The summed E-state index contributed by atoms with van der Waals surface area (Å²) >= 11 is 9.25. The molecular formula is C9H6BrClN2O. The van der Waals surface area contributed by atoms with E-state index < -0.39 is 0 Å². The van der Waals surface area contributed by atoms with Crippen molar-refractivity contribution in [3.8, 4) is 0 Å². The van der Waals surface area contributed by atoms with Crippen LogP contribution in [0.5, 0.6) is 0 Å². The number of ketones is 1. The van der Waals surface area contributed by atoms with Crippen LogP contribution in [0.2, 0.25) is 5.15 Å². The predicted molar refractivity (Wildman–Crippen MR) is 57.9 cm³/mol. The van der Waals surface area contributed by atoms with E-state index in [1.807, 2.05) is 12.1 Å². The van der Waals surface area contributed by atoms with Gasteiger partial charge in [-0.05, 0) is 28.1 Å². The van der Waals surface area contributed by atoms with Crippen LogP contribution in [0, 0.1) is 0 Å². The molecule has 0 fully saturated rings. The highest BCUT2D eigenvalue weighted by atomic mass is 79.9. The van der Waals surface area contributed by atoms with Gasteiger partial charge in [-0.15, -0.1) is 0 Å². The number of Topliss-reactive ketones (excluding diaryl/α,β-unsaturated/α-hetero) is 1. The summed E-state index contributed by atoms with van der Waals surface area (Å²) in [4.78, 5) is 15.4. The Balaban J connectivity index is 2.93. The lowest BCUT2D eigenvalue weighted by atomic mass is 10.4. The molecule has 14 heavy (non-hydrogen) atoms. The van der Waals surface area contributed by atoms with Gasteiger partial charge in [-0.2, -0.15) is 0 Å². The average molecular weight is 274 g/mol. The number of aromatic nitrogens is 2. The topological polar surface area (TPSA) is 34.4 Å². The first-order valence-electron chi connectivity index (χ1n) is 3.94. The lowest BCUT2D eigenvalue weighted by molar-refractivity contribution is 0.100. The molecule has 0 radical (unpaired) electrons. The van der Waals surface area contributed by atoms with Crippen molar-refractivity contribution in [2.45, 2.75) is 6.92 Å². The van der Waals surface area contributed by atoms with Gasteiger partial charge in [0, 0.05) is 6.92 Å². The van der Waals surface area contributed by atoms with Gasteiger partial charge in [0.1, 0.15) is 9.76 Å². The molecule has 0 saturated carbocycles. The Morgan fingerprint density at radius 2 is 2.29 bits per heavy atom. The average Bonchev–Trinajstić information content (AvgIpc) is 2.46. The van der Waals surface area contributed by atoms with Crippen LogP contribution in [0.4, 0.5) is 0 Å². The highest BCUT2D eigenvalue weighted by Gasteiger charge is 2.13. The maximum atomic E-state index is 11.3. The molecule has 2 aromatic heterocycles. The van der Waals surface area contributed by atoms with Crippen molar-refractivity contribution in [2.75, 3.05) is 0 Å². The second kappa shape index (κ2) is 3.37. The molecule has 0 bridgehead atoms. The van der Waals surface area contributed by atoms with Gasteiger partial charge in [0.2, 0.25) is 0 Å². The van der Waals surface area contributed by atoms with Gasteiger partial charge in [0.05, 0.1) is 5.52 Å². The minimum atomic E-state index is -0.112. The van der Waals surface area contributed by atoms with Crippen LogP contribution in [0.25, 0.3) is 5.52 Å². The molecule has 0 N–H and O–H groups in total. The number of fused-ring (bicyclic) bond motifs is 1. The van der Waals surface area contributed by atoms with E-state index in [1.54, 1.807) is 10.5 Å². The number of hydrogen-bond acceptors (Lipinski definition) is 2. The Hall–Kier alpha value is -0.870. The van der Waals surface area contributed by atoms with E-state index in [1.165, 1.54) is 6.92 Å². The quantitative estimate of drug-likeness (QED) is 0.591. The molecular weight excluding hydrogens is 267 g/mol. The highest BCUT2D eigenvalue weighted by molar-refractivity contribution is 9.10. The van der Waals surface area contributed by atoms with E-state index in [-0.39, 0.29) is 5.78 Å². The molecule has 3 nitrogen and oxygen atoms in total. The van der Waals surface area contributed by atoms with Crippen molar-refractivity contribution in [3.05, 3.63) is 33.8 Å². The Labute approximate surface area is 93.8 Å². The summed E-state index contributed by atoms with van der Waals surface area (Å²) in [5, 5.41) is 0.478. The van der Waals surface area contributed by atoms with Crippen LogP contribution in [0.1, 0.15) is 17.5 Å². The zero-order valence-electron chi connectivity index (χ0n) is 7.29. The van der Waals surface area contributed by atoms with Crippen LogP contribution < -0.4 is 0 Å². The number of hydrogen-bond donors (Lipinski definition) is 0. The summed E-state index contributed by atoms with van der Waals surface area (Å²) < 4.78 is 2.25. The van der Waals surface area contributed by atoms with Crippen molar-refractivity contribution < 1.29 is 4.79 Å². The van der Waals surface area contributed by atoms with Crippen molar-refractivity contribution in [3.63, 3.8) is 0 Å². The Bertz CT molecular complexity index is 521. The van der Waals surface area contributed by atoms with E-state index in [9.17, 15) is 4.79 Å². The van der Waals surface area contributed by atoms with E-state index in [2.05, 4.69) is 20.9 Å². The van der Waals surface area contributed by atoms with Crippen molar-refractivity contribution in [1.29, 1.82) is 0 Å². The van der Waals surface area contributed by atoms with Crippen LogP contribution in [-0.2, 0) is 0 Å². The van der Waals surface area contributed by atoms with Crippen LogP contribution in [0.15, 0.2) is 22.8 Å². The summed E-state index contributed by atoms with van der Waals surface area (Å²) in [6, 6.07) is 5.37. The Morgan fingerprint density at radius 3 is 2.93 bits per heavy atom. The third kappa shape index (κ3) is 1.35. The third-order valence-electron chi connectivity index (χ3n) is 1.88. The first-order chi connectivity index (χ1) is 6.61. The summed E-state index contributed by atoms with van der Waals surface area (Å²) in [5.41, 5.74) is 0.794. The molecule has 72 valence electrons. The molecule has 2 heterocycles. The fourth-order valence-corrected chi connectivity index (χ4v) is 2.02. The molecule has 2 rings (SSSR count). The number of nitrogens with zero attached hydrogens (tertiary/aromatic N) is 2. The predicted octanol–water partition coefficient (Wildman–Crippen LogP) is 2.95. The zero-order valence-corrected chi connectivity index (χ0v) is 9.63. The maximum Gasteiger partial charge on any atom is 0.195 e. The summed E-state index contributed by atoms with van der Waals surface area (Å²) in [7, 11) is 0. The lowest BCUT2D eigenvalue weighted by Crippen LogP contribution is -2.01. The van der Waals surface area contributed by atoms with Crippen molar-refractivity contribution in [2.24, 2.45) is 0 Å².